The molecule has 9 heteroatoms. The van der Waals surface area contributed by atoms with Crippen molar-refractivity contribution >= 4 is 58.3 Å². The molecule has 6 nitrogen and oxygen atoms in total. The number of imide groups is 1. The molecular weight excluding hydrogens is 384 g/mol. The Kier molecular flexibility index (Phi) is 5.73. The van der Waals surface area contributed by atoms with Crippen LogP contribution in [0.3, 0.4) is 0 Å². The van der Waals surface area contributed by atoms with Gasteiger partial charge in [0.15, 0.2) is 0 Å². The largest absolute Gasteiger partial charge is 0.390 e. The zero-order chi connectivity index (χ0) is 18.0. The summed E-state index contributed by atoms with van der Waals surface area (Å²) >= 11 is 8.38. The molecule has 0 aliphatic carbocycles. The van der Waals surface area contributed by atoms with Crippen LogP contribution >= 0.6 is 35.1 Å². The van der Waals surface area contributed by atoms with E-state index in [1.165, 1.54) is 0 Å². The second kappa shape index (κ2) is 7.82. The summed E-state index contributed by atoms with van der Waals surface area (Å²) in [6, 6.07) is 6.63. The zero-order valence-corrected chi connectivity index (χ0v) is 15.4. The first-order valence-corrected chi connectivity index (χ1v) is 9.85. The van der Waals surface area contributed by atoms with Gasteiger partial charge in [0.25, 0.3) is 11.1 Å². The molecule has 25 heavy (non-hydrogen) atoms. The number of nitrogens with zero attached hydrogens (tertiary/aromatic N) is 1. The number of thioether (sulfide) groups is 2. The molecule has 0 bridgehead atoms. The van der Waals surface area contributed by atoms with Crippen molar-refractivity contribution in [2.45, 2.75) is 12.1 Å². The van der Waals surface area contributed by atoms with E-state index in [2.05, 4.69) is 5.32 Å². The highest BCUT2D eigenvalue weighted by atomic mass is 35.5. The minimum Gasteiger partial charge on any atom is -0.390 e. The van der Waals surface area contributed by atoms with Crippen LogP contribution in [0, 0.1) is 0 Å². The van der Waals surface area contributed by atoms with Crippen molar-refractivity contribution < 1.29 is 19.5 Å². The van der Waals surface area contributed by atoms with Crippen LogP contribution in [-0.4, -0.2) is 57.3 Å². The molecule has 1 aromatic carbocycles. The normalized spacial score (nSPS) is 25.0. The van der Waals surface area contributed by atoms with E-state index in [1.54, 1.807) is 42.1 Å². The smallest absolute Gasteiger partial charge is 0.294 e. The third-order valence-electron chi connectivity index (χ3n) is 3.76. The quantitative estimate of drug-likeness (QED) is 0.754. The van der Waals surface area contributed by atoms with Crippen LogP contribution < -0.4 is 5.32 Å². The predicted molar refractivity (Wildman–Crippen MR) is 99.4 cm³/mol. The number of rotatable bonds is 4. The molecule has 0 spiro atoms. The van der Waals surface area contributed by atoms with E-state index >= 15 is 0 Å². The Morgan fingerprint density at radius 3 is 2.80 bits per heavy atom. The molecule has 2 saturated heterocycles. The first kappa shape index (κ1) is 18.3. The molecule has 0 radical (unpaired) electrons. The summed E-state index contributed by atoms with van der Waals surface area (Å²) in [4.78, 5) is 37.7. The molecule has 3 amide bonds. The van der Waals surface area contributed by atoms with Gasteiger partial charge in [-0.05, 0) is 29.5 Å². The maximum atomic E-state index is 12.4. The fourth-order valence-corrected chi connectivity index (χ4v) is 4.64. The lowest BCUT2D eigenvalue weighted by Crippen LogP contribution is -2.47. The van der Waals surface area contributed by atoms with Crippen LogP contribution in [0.5, 0.6) is 0 Å². The van der Waals surface area contributed by atoms with E-state index in [9.17, 15) is 19.5 Å². The van der Waals surface area contributed by atoms with Gasteiger partial charge in [0, 0.05) is 16.5 Å². The van der Waals surface area contributed by atoms with Gasteiger partial charge in [0.05, 0.1) is 17.1 Å². The van der Waals surface area contributed by atoms with Crippen LogP contribution in [0.4, 0.5) is 4.79 Å². The van der Waals surface area contributed by atoms with Crippen molar-refractivity contribution in [3.63, 3.8) is 0 Å². The van der Waals surface area contributed by atoms with E-state index in [0.29, 0.717) is 22.1 Å². The minimum absolute atomic E-state index is 0.224. The highest BCUT2D eigenvalue weighted by molar-refractivity contribution is 8.18. The summed E-state index contributed by atoms with van der Waals surface area (Å²) in [5, 5.41) is 12.4. The lowest BCUT2D eigenvalue weighted by Gasteiger charge is -2.18. The van der Waals surface area contributed by atoms with Gasteiger partial charge in [-0.1, -0.05) is 29.8 Å². The predicted octanol–water partition coefficient (Wildman–Crippen LogP) is 1.97. The molecule has 2 heterocycles. The molecule has 2 fully saturated rings. The third kappa shape index (κ3) is 4.20. The highest BCUT2D eigenvalue weighted by Crippen LogP contribution is 2.33. The Hall–Kier alpha value is -1.48. The molecule has 2 N–H and O–H groups in total. The van der Waals surface area contributed by atoms with Crippen LogP contribution in [-0.2, 0) is 9.59 Å². The lowest BCUT2D eigenvalue weighted by atomic mass is 10.2. The fraction of sp³-hybridized carbons (Fsp3) is 0.312. The van der Waals surface area contributed by atoms with Gasteiger partial charge in [0.2, 0.25) is 5.91 Å². The van der Waals surface area contributed by atoms with Crippen molar-refractivity contribution in [1.82, 2.24) is 10.2 Å². The molecule has 132 valence electrons. The molecule has 0 unspecified atom stereocenters. The van der Waals surface area contributed by atoms with Gasteiger partial charge in [0.1, 0.15) is 6.54 Å². The number of carbonyl (C=O) groups excluding carboxylic acids is 3. The number of aliphatic hydroxyl groups is 1. The standard InChI is InChI=1S/C16H15ClN2O4S2/c17-10-4-2-1-3-9(10)5-13-15(22)19(16(23)25-13)6-14(21)18-11-7-24-8-12(11)20/h1-5,11-12,20H,6-8H2,(H,18,21)/b13-5-/t11-,12-/m0/s1. The maximum absolute atomic E-state index is 12.4. The Morgan fingerprint density at radius 2 is 2.12 bits per heavy atom. The first-order chi connectivity index (χ1) is 12.0. The summed E-state index contributed by atoms with van der Waals surface area (Å²) < 4.78 is 0. The molecule has 3 rings (SSSR count). The summed E-state index contributed by atoms with van der Waals surface area (Å²) in [6.45, 7) is -0.363. The Balaban J connectivity index is 1.67. The summed E-state index contributed by atoms with van der Waals surface area (Å²) in [6.07, 6.45) is 0.937. The number of carbonyl (C=O) groups is 3. The van der Waals surface area contributed by atoms with Gasteiger partial charge in [-0.3, -0.25) is 19.3 Å². The van der Waals surface area contributed by atoms with Crippen LogP contribution in [0.1, 0.15) is 5.56 Å². The second-order valence-corrected chi connectivity index (χ2v) is 8.04. The molecule has 1 aromatic rings. The van der Waals surface area contributed by atoms with Gasteiger partial charge in [-0.2, -0.15) is 11.8 Å². The molecular formula is C16H15ClN2O4S2. The van der Waals surface area contributed by atoms with Crippen LogP contribution in [0.25, 0.3) is 6.08 Å². The van der Waals surface area contributed by atoms with Gasteiger partial charge in [-0.15, -0.1) is 0 Å². The third-order valence-corrected chi connectivity index (χ3v) is 6.19. The Labute approximate surface area is 158 Å². The average molecular weight is 399 g/mol. The number of hydrogen-bond acceptors (Lipinski definition) is 6. The maximum Gasteiger partial charge on any atom is 0.294 e. The number of amides is 3. The Bertz CT molecular complexity index is 755. The molecule has 0 aromatic heterocycles. The van der Waals surface area contributed by atoms with Crippen LogP contribution in [0.15, 0.2) is 29.2 Å². The van der Waals surface area contributed by atoms with Gasteiger partial charge in [-0.25, -0.2) is 0 Å². The molecule has 2 aliphatic heterocycles. The lowest BCUT2D eigenvalue weighted by molar-refractivity contribution is -0.129. The van der Waals surface area contributed by atoms with Gasteiger partial charge >= 0.3 is 0 Å². The van der Waals surface area contributed by atoms with Crippen LogP contribution in [0.2, 0.25) is 5.02 Å². The van der Waals surface area contributed by atoms with E-state index < -0.39 is 23.2 Å². The molecule has 2 aliphatic rings. The van der Waals surface area contributed by atoms with E-state index in [0.717, 1.165) is 16.7 Å². The molecule has 2 atom stereocenters. The number of halogens is 1. The van der Waals surface area contributed by atoms with Crippen molar-refractivity contribution in [3.8, 4) is 0 Å². The topological polar surface area (TPSA) is 86.7 Å². The van der Waals surface area contributed by atoms with Crippen molar-refractivity contribution in [3.05, 3.63) is 39.8 Å². The summed E-state index contributed by atoms with van der Waals surface area (Å²) in [7, 11) is 0. The highest BCUT2D eigenvalue weighted by Gasteiger charge is 2.37. The zero-order valence-electron chi connectivity index (χ0n) is 13.0. The summed E-state index contributed by atoms with van der Waals surface area (Å²) in [5.41, 5.74) is 0.630. The molecule has 0 saturated carbocycles. The second-order valence-electron chi connectivity index (χ2n) is 5.57. The van der Waals surface area contributed by atoms with Gasteiger partial charge < -0.3 is 10.4 Å². The summed E-state index contributed by atoms with van der Waals surface area (Å²) in [5.74, 6) is 0.188. The Morgan fingerprint density at radius 1 is 1.36 bits per heavy atom. The monoisotopic (exact) mass is 398 g/mol. The van der Waals surface area contributed by atoms with Crippen molar-refractivity contribution in [2.24, 2.45) is 0 Å². The van der Waals surface area contributed by atoms with Crippen molar-refractivity contribution in [2.75, 3.05) is 18.1 Å². The first-order valence-electron chi connectivity index (χ1n) is 7.51. The fourth-order valence-electron chi connectivity index (χ4n) is 2.45. The number of nitrogens with one attached hydrogen (secondary N) is 1. The average Bonchev–Trinajstić information content (AvgIpc) is 3.08. The minimum atomic E-state index is -0.607. The SMILES string of the molecule is O=C(CN1C(=O)S/C(=C\c2ccccc2Cl)C1=O)N[C@H]1CSC[C@@H]1O. The number of hydrogen-bond donors (Lipinski definition) is 2. The van der Waals surface area contributed by atoms with E-state index in [-0.39, 0.29) is 17.5 Å². The number of benzene rings is 1. The van der Waals surface area contributed by atoms with E-state index in [4.69, 9.17) is 11.6 Å². The van der Waals surface area contributed by atoms with Crippen molar-refractivity contribution in [1.29, 1.82) is 0 Å². The van der Waals surface area contributed by atoms with E-state index in [1.807, 2.05) is 0 Å². The number of aliphatic hydroxyl groups excluding tert-OH is 1.